The van der Waals surface area contributed by atoms with Crippen LogP contribution in [0.25, 0.3) is 0 Å². The van der Waals surface area contributed by atoms with E-state index in [2.05, 4.69) is 5.32 Å². The molecule has 1 aliphatic carbocycles. The Morgan fingerprint density at radius 1 is 1.20 bits per heavy atom. The Morgan fingerprint density at radius 3 is 2.13 bits per heavy atom. The summed E-state index contributed by atoms with van der Waals surface area (Å²) in [6.45, 7) is 0. The zero-order valence-electron chi connectivity index (χ0n) is 9.83. The van der Waals surface area contributed by atoms with Crippen LogP contribution in [0.1, 0.15) is 38.5 Å². The first-order valence-corrected chi connectivity index (χ1v) is 7.94. The molecule has 1 fully saturated rings. The van der Waals surface area contributed by atoms with Gasteiger partial charge in [-0.15, -0.1) is 0 Å². The summed E-state index contributed by atoms with van der Waals surface area (Å²) < 4.78 is 22.6. The van der Waals surface area contributed by atoms with Gasteiger partial charge in [0, 0.05) is 12.3 Å². The van der Waals surface area contributed by atoms with Gasteiger partial charge in [-0.2, -0.15) is 0 Å². The highest BCUT2D eigenvalue weighted by Gasteiger charge is 2.24. The molecule has 0 spiro atoms. The molecule has 1 N–H and O–H groups in total. The van der Waals surface area contributed by atoms with Gasteiger partial charge in [0.25, 0.3) is 0 Å². The second kappa shape index (κ2) is 5.85. The van der Waals surface area contributed by atoms with Gasteiger partial charge in [0.05, 0.1) is 5.75 Å². The number of nitrogens with one attached hydrogen (secondary N) is 1. The fourth-order valence-electron chi connectivity index (χ4n) is 2.49. The van der Waals surface area contributed by atoms with Crippen molar-refractivity contribution in [3.05, 3.63) is 0 Å². The molecule has 0 aromatic rings. The molecular weight excluding hydrogens is 210 g/mol. The van der Waals surface area contributed by atoms with E-state index in [0.29, 0.717) is 5.92 Å². The van der Waals surface area contributed by atoms with Gasteiger partial charge in [0.15, 0.2) is 0 Å². The molecule has 1 aliphatic rings. The molecule has 3 nitrogen and oxygen atoms in total. The van der Waals surface area contributed by atoms with Crippen molar-refractivity contribution in [2.45, 2.75) is 44.6 Å². The van der Waals surface area contributed by atoms with E-state index < -0.39 is 9.84 Å². The molecule has 1 atom stereocenters. The molecule has 0 aromatic heterocycles. The quantitative estimate of drug-likeness (QED) is 0.750. The summed E-state index contributed by atoms with van der Waals surface area (Å²) >= 11 is 0. The molecule has 15 heavy (non-hydrogen) atoms. The van der Waals surface area contributed by atoms with Crippen molar-refractivity contribution < 1.29 is 8.42 Å². The van der Waals surface area contributed by atoms with E-state index in [1.807, 2.05) is 7.05 Å². The van der Waals surface area contributed by atoms with Gasteiger partial charge in [-0.3, -0.25) is 0 Å². The highest BCUT2D eigenvalue weighted by Crippen LogP contribution is 2.25. The molecule has 0 bridgehead atoms. The van der Waals surface area contributed by atoms with Crippen LogP contribution in [0.5, 0.6) is 0 Å². The minimum Gasteiger partial charge on any atom is -0.316 e. The Labute approximate surface area is 93.6 Å². The SMILES string of the molecule is CNC(CS(C)(=O)=O)C1CCCCCC1. The second-order valence-electron chi connectivity index (χ2n) is 4.74. The number of sulfone groups is 1. The summed E-state index contributed by atoms with van der Waals surface area (Å²) in [5.74, 6) is 0.834. The molecule has 0 heterocycles. The van der Waals surface area contributed by atoms with E-state index in [1.165, 1.54) is 44.8 Å². The minimum atomic E-state index is -2.86. The Kier molecular flexibility index (Phi) is 5.06. The van der Waals surface area contributed by atoms with Crippen LogP contribution >= 0.6 is 0 Å². The van der Waals surface area contributed by atoms with Crippen molar-refractivity contribution in [1.82, 2.24) is 5.32 Å². The Bertz CT molecular complexity index is 266. The third kappa shape index (κ3) is 4.98. The molecule has 1 unspecified atom stereocenters. The van der Waals surface area contributed by atoms with Crippen LogP contribution < -0.4 is 5.32 Å². The molecule has 1 saturated carbocycles. The summed E-state index contributed by atoms with van der Waals surface area (Å²) in [4.78, 5) is 0. The van der Waals surface area contributed by atoms with Gasteiger partial charge in [-0.1, -0.05) is 25.7 Å². The average Bonchev–Trinajstić information content (AvgIpc) is 2.40. The topological polar surface area (TPSA) is 46.2 Å². The highest BCUT2D eigenvalue weighted by molar-refractivity contribution is 7.90. The maximum Gasteiger partial charge on any atom is 0.148 e. The number of hydrogen-bond donors (Lipinski definition) is 1. The standard InChI is InChI=1S/C11H23NO2S/c1-12-11(9-15(2,13)14)10-7-5-3-4-6-8-10/h10-12H,3-9H2,1-2H3. The molecule has 4 heteroatoms. The maximum atomic E-state index is 11.3. The molecule has 90 valence electrons. The fraction of sp³-hybridized carbons (Fsp3) is 1.00. The van der Waals surface area contributed by atoms with E-state index in [9.17, 15) is 8.42 Å². The first-order valence-electron chi connectivity index (χ1n) is 5.88. The van der Waals surface area contributed by atoms with Gasteiger partial charge in [0.1, 0.15) is 9.84 Å². The molecular formula is C11H23NO2S. The molecule has 1 rings (SSSR count). The molecule has 0 aliphatic heterocycles. The molecule has 0 aromatic carbocycles. The van der Waals surface area contributed by atoms with Crippen LogP contribution in [-0.2, 0) is 9.84 Å². The lowest BCUT2D eigenvalue weighted by Crippen LogP contribution is -2.39. The predicted molar refractivity (Wildman–Crippen MR) is 63.8 cm³/mol. The zero-order chi connectivity index (χ0) is 11.3. The summed E-state index contributed by atoms with van der Waals surface area (Å²) in [6.07, 6.45) is 8.83. The van der Waals surface area contributed by atoms with Gasteiger partial charge in [-0.25, -0.2) is 8.42 Å². The summed E-state index contributed by atoms with van der Waals surface area (Å²) in [7, 11) is -0.983. The van der Waals surface area contributed by atoms with Crippen molar-refractivity contribution in [2.75, 3.05) is 19.1 Å². The Hall–Kier alpha value is -0.0900. The lowest BCUT2D eigenvalue weighted by atomic mass is 9.93. The smallest absolute Gasteiger partial charge is 0.148 e. The van der Waals surface area contributed by atoms with Crippen molar-refractivity contribution in [3.8, 4) is 0 Å². The highest BCUT2D eigenvalue weighted by atomic mass is 32.2. The molecule has 0 saturated heterocycles. The minimum absolute atomic E-state index is 0.151. The van der Waals surface area contributed by atoms with Gasteiger partial charge in [-0.05, 0) is 25.8 Å². The largest absolute Gasteiger partial charge is 0.316 e. The van der Waals surface area contributed by atoms with E-state index in [-0.39, 0.29) is 11.8 Å². The van der Waals surface area contributed by atoms with Crippen LogP contribution in [-0.4, -0.2) is 33.5 Å². The van der Waals surface area contributed by atoms with E-state index in [0.717, 1.165) is 0 Å². The lowest BCUT2D eigenvalue weighted by molar-refractivity contribution is 0.355. The van der Waals surface area contributed by atoms with Crippen molar-refractivity contribution in [3.63, 3.8) is 0 Å². The third-order valence-electron chi connectivity index (χ3n) is 3.32. The van der Waals surface area contributed by atoms with Crippen LogP contribution in [0.15, 0.2) is 0 Å². The number of hydrogen-bond acceptors (Lipinski definition) is 3. The summed E-state index contributed by atoms with van der Waals surface area (Å²) in [5, 5.41) is 3.18. The molecule has 0 radical (unpaired) electrons. The van der Waals surface area contributed by atoms with Crippen LogP contribution in [0.2, 0.25) is 0 Å². The lowest BCUT2D eigenvalue weighted by Gasteiger charge is -2.24. The van der Waals surface area contributed by atoms with Crippen molar-refractivity contribution in [2.24, 2.45) is 5.92 Å². The van der Waals surface area contributed by atoms with Gasteiger partial charge in [0.2, 0.25) is 0 Å². The monoisotopic (exact) mass is 233 g/mol. The van der Waals surface area contributed by atoms with E-state index in [4.69, 9.17) is 0 Å². The average molecular weight is 233 g/mol. The maximum absolute atomic E-state index is 11.3. The molecule has 0 amide bonds. The zero-order valence-corrected chi connectivity index (χ0v) is 10.6. The summed E-state index contributed by atoms with van der Waals surface area (Å²) in [6, 6.07) is 0.151. The van der Waals surface area contributed by atoms with Crippen LogP contribution in [0.3, 0.4) is 0 Å². The second-order valence-corrected chi connectivity index (χ2v) is 6.92. The predicted octanol–water partition coefficient (Wildman–Crippen LogP) is 1.59. The fourth-order valence-corrected chi connectivity index (χ4v) is 3.59. The third-order valence-corrected chi connectivity index (χ3v) is 4.29. The normalized spacial score (nSPS) is 22.3. The van der Waals surface area contributed by atoms with Gasteiger partial charge >= 0.3 is 0 Å². The summed E-state index contributed by atoms with van der Waals surface area (Å²) in [5.41, 5.74) is 0. The van der Waals surface area contributed by atoms with E-state index in [1.54, 1.807) is 0 Å². The first-order chi connectivity index (χ1) is 7.03. The first kappa shape index (κ1) is 13.0. The van der Waals surface area contributed by atoms with Crippen LogP contribution in [0.4, 0.5) is 0 Å². The number of rotatable bonds is 4. The van der Waals surface area contributed by atoms with Crippen molar-refractivity contribution in [1.29, 1.82) is 0 Å². The Morgan fingerprint density at radius 2 is 1.73 bits per heavy atom. The van der Waals surface area contributed by atoms with Crippen LogP contribution in [0, 0.1) is 5.92 Å². The Balaban J connectivity index is 2.55. The van der Waals surface area contributed by atoms with Crippen molar-refractivity contribution >= 4 is 9.84 Å². The van der Waals surface area contributed by atoms with Gasteiger partial charge < -0.3 is 5.32 Å². The van der Waals surface area contributed by atoms with E-state index >= 15 is 0 Å².